The fraction of sp³-hybridized carbons (Fsp3) is 0.562. The number of carbonyl (C=O) groups excluding carboxylic acids is 1. The highest BCUT2D eigenvalue weighted by Gasteiger charge is 2.23. The molecule has 0 aliphatic carbocycles. The smallest absolute Gasteiger partial charge is 0.348 e. The van der Waals surface area contributed by atoms with Crippen molar-refractivity contribution in [1.29, 1.82) is 0 Å². The number of rotatable bonds is 6. The second-order valence-electron chi connectivity index (χ2n) is 5.59. The highest BCUT2D eigenvalue weighted by Crippen LogP contribution is 2.35. The minimum absolute atomic E-state index is 0.0455. The van der Waals surface area contributed by atoms with E-state index in [1.54, 1.807) is 0 Å². The maximum atomic E-state index is 12.3. The van der Waals surface area contributed by atoms with Crippen molar-refractivity contribution < 1.29 is 14.6 Å². The number of ether oxygens (including phenoxy) is 1. The molecule has 0 aliphatic heterocycles. The summed E-state index contributed by atoms with van der Waals surface area (Å²) < 4.78 is 5.32. The fourth-order valence-corrected chi connectivity index (χ4v) is 3.55. The molecule has 2 aromatic heterocycles. The largest absolute Gasteiger partial charge is 0.459 e. The second kappa shape index (κ2) is 7.23. The van der Waals surface area contributed by atoms with Crippen molar-refractivity contribution in [2.75, 3.05) is 24.6 Å². The van der Waals surface area contributed by atoms with Crippen molar-refractivity contribution >= 4 is 33.3 Å². The van der Waals surface area contributed by atoms with Crippen molar-refractivity contribution in [1.82, 2.24) is 9.97 Å². The van der Waals surface area contributed by atoms with E-state index in [4.69, 9.17) is 4.74 Å². The van der Waals surface area contributed by atoms with E-state index in [9.17, 15) is 9.90 Å². The topological polar surface area (TPSA) is 75.5 Å². The van der Waals surface area contributed by atoms with Crippen LogP contribution >= 0.6 is 11.3 Å². The van der Waals surface area contributed by atoms with Gasteiger partial charge in [-0.25, -0.2) is 14.8 Å². The number of fused-ring (bicyclic) bond motifs is 1. The molecule has 0 spiro atoms. The Kier molecular flexibility index (Phi) is 5.54. The number of aryl methyl sites for hydroxylation is 2. The van der Waals surface area contributed by atoms with Crippen LogP contribution in [0, 0.1) is 13.8 Å². The van der Waals surface area contributed by atoms with Crippen molar-refractivity contribution in [3.05, 3.63) is 16.3 Å². The minimum atomic E-state index is -0.325. The molecule has 0 unspecified atom stereocenters. The van der Waals surface area contributed by atoms with E-state index in [0.717, 1.165) is 21.6 Å². The SMILES string of the molecule is CCN(CCO)c1nc(C)nc2sc(C(=O)OC(C)C)c(C)c12. The zero-order valence-electron chi connectivity index (χ0n) is 14.2. The lowest BCUT2D eigenvalue weighted by molar-refractivity contribution is 0.0383. The molecule has 23 heavy (non-hydrogen) atoms. The Bertz CT molecular complexity index is 712. The number of likely N-dealkylation sites (N-methyl/N-ethyl adjacent to an activating group) is 1. The predicted octanol–water partition coefficient (Wildman–Crippen LogP) is 2.69. The Morgan fingerprint density at radius 2 is 2.04 bits per heavy atom. The quantitative estimate of drug-likeness (QED) is 0.817. The summed E-state index contributed by atoms with van der Waals surface area (Å²) >= 11 is 1.33. The molecule has 0 saturated heterocycles. The van der Waals surface area contributed by atoms with E-state index >= 15 is 0 Å². The van der Waals surface area contributed by atoms with E-state index in [1.807, 2.05) is 39.5 Å². The molecule has 0 amide bonds. The van der Waals surface area contributed by atoms with Gasteiger partial charge in [0, 0.05) is 13.1 Å². The molecular formula is C16H23N3O3S. The second-order valence-corrected chi connectivity index (χ2v) is 6.59. The fourth-order valence-electron chi connectivity index (χ4n) is 2.45. The van der Waals surface area contributed by atoms with Crippen LogP contribution in [0.25, 0.3) is 10.2 Å². The lowest BCUT2D eigenvalue weighted by Gasteiger charge is -2.22. The Hall–Kier alpha value is -1.73. The lowest BCUT2D eigenvalue weighted by atomic mass is 10.2. The molecule has 126 valence electrons. The van der Waals surface area contributed by atoms with Crippen molar-refractivity contribution in [2.24, 2.45) is 0 Å². The highest BCUT2D eigenvalue weighted by molar-refractivity contribution is 7.20. The summed E-state index contributed by atoms with van der Waals surface area (Å²) in [5, 5.41) is 10.1. The van der Waals surface area contributed by atoms with Gasteiger partial charge in [-0.1, -0.05) is 0 Å². The predicted molar refractivity (Wildman–Crippen MR) is 92.4 cm³/mol. The Balaban J connectivity index is 2.61. The standard InChI is InChI=1S/C16H23N3O3S/c1-6-19(7-8-20)14-12-10(4)13(16(21)22-9(2)3)23-15(12)18-11(5)17-14/h9,20H,6-8H2,1-5H3. The van der Waals surface area contributed by atoms with E-state index in [0.29, 0.717) is 23.8 Å². The molecule has 6 nitrogen and oxygen atoms in total. The molecule has 7 heteroatoms. The molecule has 0 radical (unpaired) electrons. The zero-order valence-corrected chi connectivity index (χ0v) is 15.0. The molecule has 0 aromatic carbocycles. The number of esters is 1. The van der Waals surface area contributed by atoms with Crippen LogP contribution in [0.15, 0.2) is 0 Å². The zero-order chi connectivity index (χ0) is 17.1. The van der Waals surface area contributed by atoms with Crippen LogP contribution in [0.4, 0.5) is 5.82 Å². The van der Waals surface area contributed by atoms with Gasteiger partial charge in [-0.2, -0.15) is 0 Å². The van der Waals surface area contributed by atoms with Crippen LogP contribution < -0.4 is 4.90 Å². The first-order valence-corrected chi connectivity index (χ1v) is 8.55. The van der Waals surface area contributed by atoms with E-state index in [2.05, 4.69) is 9.97 Å². The van der Waals surface area contributed by atoms with Gasteiger partial charge in [0.15, 0.2) is 0 Å². The molecule has 0 atom stereocenters. The van der Waals surface area contributed by atoms with Crippen molar-refractivity contribution in [3.8, 4) is 0 Å². The van der Waals surface area contributed by atoms with Gasteiger partial charge in [0.05, 0.1) is 18.1 Å². The van der Waals surface area contributed by atoms with Gasteiger partial charge in [0.1, 0.15) is 21.3 Å². The normalized spacial score (nSPS) is 11.3. The van der Waals surface area contributed by atoms with E-state index in [1.165, 1.54) is 11.3 Å². The summed E-state index contributed by atoms with van der Waals surface area (Å²) in [6, 6.07) is 0. The van der Waals surface area contributed by atoms with Gasteiger partial charge in [0.2, 0.25) is 0 Å². The first-order valence-electron chi connectivity index (χ1n) is 7.73. The summed E-state index contributed by atoms with van der Waals surface area (Å²) in [6.07, 6.45) is -0.166. The number of aliphatic hydroxyl groups excluding tert-OH is 1. The average molecular weight is 337 g/mol. The molecule has 2 heterocycles. The number of hydrogen-bond acceptors (Lipinski definition) is 7. The molecule has 0 fully saturated rings. The molecule has 2 rings (SSSR count). The van der Waals surface area contributed by atoms with Crippen LogP contribution in [0.1, 0.15) is 41.8 Å². The van der Waals surface area contributed by atoms with Gasteiger partial charge in [-0.3, -0.25) is 0 Å². The van der Waals surface area contributed by atoms with E-state index < -0.39 is 0 Å². The molecule has 2 aromatic rings. The van der Waals surface area contributed by atoms with Crippen LogP contribution in [0.5, 0.6) is 0 Å². The third-order valence-corrected chi connectivity index (χ3v) is 4.63. The number of thiophene rings is 1. The lowest BCUT2D eigenvalue weighted by Crippen LogP contribution is -2.27. The Morgan fingerprint density at radius 1 is 1.35 bits per heavy atom. The van der Waals surface area contributed by atoms with Crippen molar-refractivity contribution in [2.45, 2.75) is 40.7 Å². The summed E-state index contributed by atoms with van der Waals surface area (Å²) in [5.41, 5.74) is 0.835. The van der Waals surface area contributed by atoms with Crippen molar-refractivity contribution in [3.63, 3.8) is 0 Å². The first-order chi connectivity index (χ1) is 10.9. The summed E-state index contributed by atoms with van der Waals surface area (Å²) in [4.78, 5) is 24.6. The monoisotopic (exact) mass is 337 g/mol. The van der Waals surface area contributed by atoms with Crippen LogP contribution in [-0.2, 0) is 4.74 Å². The van der Waals surface area contributed by atoms with Crippen LogP contribution in [-0.4, -0.2) is 46.8 Å². The van der Waals surface area contributed by atoms with Gasteiger partial charge in [-0.15, -0.1) is 11.3 Å². The summed E-state index contributed by atoms with van der Waals surface area (Å²) in [5.74, 6) is 1.09. The third kappa shape index (κ3) is 3.61. The number of anilines is 1. The van der Waals surface area contributed by atoms with Crippen LogP contribution in [0.3, 0.4) is 0 Å². The number of carbonyl (C=O) groups is 1. The molecule has 0 saturated carbocycles. The summed E-state index contributed by atoms with van der Waals surface area (Å²) in [7, 11) is 0. The first kappa shape index (κ1) is 17.6. The number of hydrogen-bond donors (Lipinski definition) is 1. The van der Waals surface area contributed by atoms with Gasteiger partial charge in [-0.05, 0) is 40.2 Å². The molecule has 1 N–H and O–H groups in total. The van der Waals surface area contributed by atoms with Crippen LogP contribution in [0.2, 0.25) is 0 Å². The van der Waals surface area contributed by atoms with Gasteiger partial charge >= 0.3 is 5.97 Å². The molecular weight excluding hydrogens is 314 g/mol. The minimum Gasteiger partial charge on any atom is -0.459 e. The maximum Gasteiger partial charge on any atom is 0.348 e. The average Bonchev–Trinajstić information content (AvgIpc) is 2.80. The highest BCUT2D eigenvalue weighted by atomic mass is 32.1. The number of aliphatic hydroxyl groups is 1. The number of nitrogens with zero attached hydrogens (tertiary/aromatic N) is 3. The maximum absolute atomic E-state index is 12.3. The Labute approximate surface area is 140 Å². The van der Waals surface area contributed by atoms with Gasteiger partial charge < -0.3 is 14.7 Å². The summed E-state index contributed by atoms with van der Waals surface area (Å²) in [6.45, 7) is 10.6. The molecule has 0 aliphatic rings. The number of aromatic nitrogens is 2. The Morgan fingerprint density at radius 3 is 2.61 bits per heavy atom. The van der Waals surface area contributed by atoms with Gasteiger partial charge in [0.25, 0.3) is 0 Å². The van der Waals surface area contributed by atoms with E-state index in [-0.39, 0.29) is 18.7 Å². The third-order valence-electron chi connectivity index (χ3n) is 3.46. The molecule has 0 bridgehead atoms.